The number of halogens is 2. The van der Waals surface area contributed by atoms with E-state index in [-0.39, 0.29) is 11.6 Å². The lowest BCUT2D eigenvalue weighted by molar-refractivity contribution is 0.575. The normalized spacial score (nSPS) is 14.9. The Kier molecular flexibility index (Phi) is 4.74. The molecule has 1 aliphatic rings. The lowest BCUT2D eigenvalue weighted by atomic mass is 10.1. The van der Waals surface area contributed by atoms with Crippen molar-refractivity contribution >= 4 is 27.5 Å². The summed E-state index contributed by atoms with van der Waals surface area (Å²) in [6.07, 6.45) is 9.38. The van der Waals surface area contributed by atoms with Crippen molar-refractivity contribution in [1.82, 2.24) is 9.55 Å². The Bertz CT molecular complexity index is 1150. The second kappa shape index (κ2) is 7.54. The van der Waals surface area contributed by atoms with Crippen molar-refractivity contribution in [2.24, 2.45) is 0 Å². The molecule has 2 aromatic heterocycles. The molecule has 0 aliphatic carbocycles. The van der Waals surface area contributed by atoms with Crippen LogP contribution in [0.1, 0.15) is 31.2 Å². The molecule has 0 unspecified atom stereocenters. The highest BCUT2D eigenvalue weighted by molar-refractivity contribution is 5.93. The molecule has 0 spiro atoms. The largest absolute Gasteiger partial charge is 0.371 e. The van der Waals surface area contributed by atoms with Crippen LogP contribution in [0.25, 0.3) is 21.8 Å². The van der Waals surface area contributed by atoms with Gasteiger partial charge >= 0.3 is 0 Å². The zero-order valence-electron chi connectivity index (χ0n) is 16.4. The molecule has 5 rings (SSSR count). The monoisotopic (exact) mass is 393 g/mol. The van der Waals surface area contributed by atoms with Crippen LogP contribution in [-0.2, 0) is 13.0 Å². The Balaban J connectivity index is 1.36. The van der Waals surface area contributed by atoms with Crippen LogP contribution in [0.5, 0.6) is 0 Å². The van der Waals surface area contributed by atoms with Crippen molar-refractivity contribution in [2.75, 3.05) is 18.0 Å². The first-order valence-corrected chi connectivity index (χ1v) is 10.5. The second-order valence-corrected chi connectivity index (χ2v) is 8.02. The fourth-order valence-corrected chi connectivity index (χ4v) is 4.63. The lowest BCUT2D eigenvalue weighted by Gasteiger charge is -2.29. The van der Waals surface area contributed by atoms with Gasteiger partial charge in [0.1, 0.15) is 11.6 Å². The van der Waals surface area contributed by atoms with E-state index in [9.17, 15) is 8.78 Å². The molecule has 3 heterocycles. The summed E-state index contributed by atoms with van der Waals surface area (Å²) in [6.45, 7) is 2.80. The van der Waals surface area contributed by atoms with E-state index < -0.39 is 0 Å². The van der Waals surface area contributed by atoms with E-state index in [1.165, 1.54) is 25.3 Å². The zero-order chi connectivity index (χ0) is 19.8. The number of nitrogens with zero attached hydrogens (tertiary/aromatic N) is 2. The molecule has 4 aromatic rings. The van der Waals surface area contributed by atoms with Crippen molar-refractivity contribution in [2.45, 2.75) is 38.6 Å². The first-order chi connectivity index (χ1) is 14.2. The van der Waals surface area contributed by atoms with Gasteiger partial charge in [-0.15, -0.1) is 0 Å². The Morgan fingerprint density at radius 1 is 0.897 bits per heavy atom. The molecule has 0 amide bonds. The number of H-pyrrole nitrogens is 1. The van der Waals surface area contributed by atoms with Crippen molar-refractivity contribution in [3.63, 3.8) is 0 Å². The van der Waals surface area contributed by atoms with Crippen molar-refractivity contribution in [3.05, 3.63) is 66.0 Å². The standard InChI is InChI=1S/C24H25F2N3/c25-18-6-7-22-21(13-18)17(16-27-22)5-4-11-29-12-8-20-23(14-19(26)15-24(20)29)28-9-2-1-3-10-28/h6-8,12-16,27H,1-5,9-11H2. The van der Waals surface area contributed by atoms with Crippen LogP contribution >= 0.6 is 0 Å². The average Bonchev–Trinajstić information content (AvgIpc) is 3.32. The highest BCUT2D eigenvalue weighted by atomic mass is 19.1. The molecule has 0 radical (unpaired) electrons. The molecule has 1 fully saturated rings. The number of aryl methyl sites for hydroxylation is 2. The molecule has 3 nitrogen and oxygen atoms in total. The molecular formula is C24H25F2N3. The van der Waals surface area contributed by atoms with E-state index in [0.29, 0.717) is 0 Å². The summed E-state index contributed by atoms with van der Waals surface area (Å²) in [7, 11) is 0. The Labute approximate surface area is 168 Å². The maximum atomic E-state index is 14.4. The van der Waals surface area contributed by atoms with Gasteiger partial charge in [-0.25, -0.2) is 8.78 Å². The molecule has 29 heavy (non-hydrogen) atoms. The van der Waals surface area contributed by atoms with Gasteiger partial charge < -0.3 is 14.5 Å². The van der Waals surface area contributed by atoms with E-state index in [2.05, 4.69) is 26.7 Å². The Morgan fingerprint density at radius 2 is 1.76 bits per heavy atom. The first-order valence-electron chi connectivity index (χ1n) is 10.5. The van der Waals surface area contributed by atoms with Gasteiger partial charge in [0.2, 0.25) is 0 Å². The van der Waals surface area contributed by atoms with Gasteiger partial charge in [-0.1, -0.05) is 0 Å². The fourth-order valence-electron chi connectivity index (χ4n) is 4.63. The average molecular weight is 393 g/mol. The van der Waals surface area contributed by atoms with Crippen LogP contribution in [-0.4, -0.2) is 22.6 Å². The number of fused-ring (bicyclic) bond motifs is 2. The molecule has 1 N–H and O–H groups in total. The minimum absolute atomic E-state index is 0.176. The van der Waals surface area contributed by atoms with Gasteiger partial charge in [0.05, 0.1) is 5.52 Å². The molecule has 0 saturated carbocycles. The topological polar surface area (TPSA) is 24.0 Å². The summed E-state index contributed by atoms with van der Waals surface area (Å²) >= 11 is 0. The number of piperidine rings is 1. The van der Waals surface area contributed by atoms with E-state index in [1.807, 2.05) is 6.20 Å². The summed E-state index contributed by atoms with van der Waals surface area (Å²) < 4.78 is 30.1. The Morgan fingerprint density at radius 3 is 2.62 bits per heavy atom. The number of nitrogens with one attached hydrogen (secondary N) is 1. The maximum absolute atomic E-state index is 14.4. The van der Waals surface area contributed by atoms with Crippen LogP contribution in [0.3, 0.4) is 0 Å². The summed E-state index contributed by atoms with van der Waals surface area (Å²) in [4.78, 5) is 5.53. The van der Waals surface area contributed by atoms with E-state index >= 15 is 0 Å². The van der Waals surface area contributed by atoms with Gasteiger partial charge in [-0.2, -0.15) is 0 Å². The van der Waals surface area contributed by atoms with Gasteiger partial charge in [0, 0.05) is 54.0 Å². The SMILES string of the molecule is Fc1ccc2[nH]cc(CCCn3ccc4c(N5CCCCC5)cc(F)cc43)c2c1. The molecular weight excluding hydrogens is 368 g/mol. The number of anilines is 1. The molecule has 5 heteroatoms. The third-order valence-electron chi connectivity index (χ3n) is 6.10. The zero-order valence-corrected chi connectivity index (χ0v) is 16.4. The fraction of sp³-hybridized carbons (Fsp3) is 0.333. The van der Waals surface area contributed by atoms with Crippen LogP contribution < -0.4 is 4.90 Å². The summed E-state index contributed by atoms with van der Waals surface area (Å²) in [5.74, 6) is -0.388. The number of benzene rings is 2. The van der Waals surface area contributed by atoms with Crippen LogP contribution in [0.4, 0.5) is 14.5 Å². The molecule has 1 saturated heterocycles. The highest BCUT2D eigenvalue weighted by Crippen LogP contribution is 2.31. The molecule has 0 bridgehead atoms. The summed E-state index contributed by atoms with van der Waals surface area (Å²) in [5, 5.41) is 2.07. The molecule has 1 aliphatic heterocycles. The molecule has 150 valence electrons. The molecule has 0 atom stereocenters. The van der Waals surface area contributed by atoms with Crippen molar-refractivity contribution in [1.29, 1.82) is 0 Å². The summed E-state index contributed by atoms with van der Waals surface area (Å²) in [6, 6.07) is 10.3. The molecule has 2 aromatic carbocycles. The van der Waals surface area contributed by atoms with Crippen molar-refractivity contribution in [3.8, 4) is 0 Å². The predicted molar refractivity (Wildman–Crippen MR) is 115 cm³/mol. The second-order valence-electron chi connectivity index (χ2n) is 8.02. The van der Waals surface area contributed by atoms with Crippen LogP contribution in [0.2, 0.25) is 0 Å². The minimum Gasteiger partial charge on any atom is -0.371 e. The number of rotatable bonds is 5. The van der Waals surface area contributed by atoms with E-state index in [1.54, 1.807) is 24.3 Å². The number of hydrogen-bond donors (Lipinski definition) is 1. The Hall–Kier alpha value is -2.82. The van der Waals surface area contributed by atoms with Crippen LogP contribution in [0, 0.1) is 11.6 Å². The lowest BCUT2D eigenvalue weighted by Crippen LogP contribution is -2.29. The number of hydrogen-bond acceptors (Lipinski definition) is 1. The van der Waals surface area contributed by atoms with Gasteiger partial charge in [0.15, 0.2) is 0 Å². The van der Waals surface area contributed by atoms with Gasteiger partial charge in [0.25, 0.3) is 0 Å². The number of aromatic nitrogens is 2. The third-order valence-corrected chi connectivity index (χ3v) is 6.10. The minimum atomic E-state index is -0.213. The predicted octanol–water partition coefficient (Wildman–Crippen LogP) is 6.02. The highest BCUT2D eigenvalue weighted by Gasteiger charge is 2.16. The summed E-state index contributed by atoms with van der Waals surface area (Å²) in [5.41, 5.74) is 4.05. The third kappa shape index (κ3) is 3.50. The first kappa shape index (κ1) is 18.2. The smallest absolute Gasteiger partial charge is 0.127 e. The van der Waals surface area contributed by atoms with Gasteiger partial charge in [-0.05, 0) is 74.1 Å². The van der Waals surface area contributed by atoms with Gasteiger partial charge in [-0.3, -0.25) is 0 Å². The van der Waals surface area contributed by atoms with E-state index in [0.717, 1.165) is 65.5 Å². The van der Waals surface area contributed by atoms with E-state index in [4.69, 9.17) is 0 Å². The van der Waals surface area contributed by atoms with Crippen LogP contribution in [0.15, 0.2) is 48.8 Å². The number of aromatic amines is 1. The maximum Gasteiger partial charge on any atom is 0.127 e. The van der Waals surface area contributed by atoms with Crippen molar-refractivity contribution < 1.29 is 8.78 Å². The quantitative estimate of drug-likeness (QED) is 0.440.